The average Bonchev–Trinajstić information content (AvgIpc) is 3.33. The van der Waals surface area contributed by atoms with Crippen molar-refractivity contribution in [2.24, 2.45) is 21.1 Å². The van der Waals surface area contributed by atoms with Gasteiger partial charge in [0.1, 0.15) is 5.69 Å². The molecule has 0 radical (unpaired) electrons. The van der Waals surface area contributed by atoms with E-state index in [1.54, 1.807) is 29.6 Å². The highest BCUT2D eigenvalue weighted by molar-refractivity contribution is 5.85. The SMILES string of the molecule is Cn1cncc1-c1nc2ccccc2n1-c1ccc2c(c1)n(C)c(=O)n2C. The first-order valence-corrected chi connectivity index (χ1v) is 8.66. The zero-order valence-corrected chi connectivity index (χ0v) is 15.3. The molecule has 7 heteroatoms. The van der Waals surface area contributed by atoms with Crippen LogP contribution in [0.15, 0.2) is 59.8 Å². The molecule has 134 valence electrons. The molecule has 0 fully saturated rings. The number of benzene rings is 2. The Hall–Kier alpha value is -3.61. The van der Waals surface area contributed by atoms with Crippen LogP contribution in [0.5, 0.6) is 0 Å². The Bertz CT molecular complexity index is 1380. The first-order valence-electron chi connectivity index (χ1n) is 8.66. The van der Waals surface area contributed by atoms with Crippen molar-refractivity contribution >= 4 is 22.1 Å². The number of hydrogen-bond donors (Lipinski definition) is 0. The van der Waals surface area contributed by atoms with Gasteiger partial charge in [-0.15, -0.1) is 0 Å². The van der Waals surface area contributed by atoms with E-state index >= 15 is 0 Å². The van der Waals surface area contributed by atoms with E-state index in [-0.39, 0.29) is 5.69 Å². The normalized spacial score (nSPS) is 11.7. The van der Waals surface area contributed by atoms with Gasteiger partial charge >= 0.3 is 5.69 Å². The minimum absolute atomic E-state index is 0.0375. The fraction of sp³-hybridized carbons (Fsp3) is 0.150. The Morgan fingerprint density at radius 3 is 2.44 bits per heavy atom. The van der Waals surface area contributed by atoms with Crippen LogP contribution in [-0.2, 0) is 21.1 Å². The lowest BCUT2D eigenvalue weighted by Gasteiger charge is -2.10. The van der Waals surface area contributed by atoms with Crippen LogP contribution in [0.25, 0.3) is 39.3 Å². The van der Waals surface area contributed by atoms with Crippen molar-refractivity contribution in [3.63, 3.8) is 0 Å². The lowest BCUT2D eigenvalue weighted by molar-refractivity contribution is 0.795. The maximum Gasteiger partial charge on any atom is 0.328 e. The summed E-state index contributed by atoms with van der Waals surface area (Å²) in [7, 11) is 5.54. The second-order valence-electron chi connectivity index (χ2n) is 6.72. The molecule has 0 atom stereocenters. The number of aryl methyl sites for hydroxylation is 3. The molecule has 7 nitrogen and oxygen atoms in total. The predicted octanol–water partition coefficient (Wildman–Crippen LogP) is 2.62. The average molecular weight is 358 g/mol. The maximum absolute atomic E-state index is 12.3. The number of fused-ring (bicyclic) bond motifs is 2. The third kappa shape index (κ3) is 2.11. The summed E-state index contributed by atoms with van der Waals surface area (Å²) in [5.74, 6) is 0.816. The fourth-order valence-corrected chi connectivity index (χ4v) is 3.67. The van der Waals surface area contributed by atoms with E-state index in [0.29, 0.717) is 0 Å². The van der Waals surface area contributed by atoms with Gasteiger partial charge in [0.15, 0.2) is 5.82 Å². The topological polar surface area (TPSA) is 62.6 Å². The Kier molecular flexibility index (Phi) is 3.15. The molecule has 0 aliphatic carbocycles. The van der Waals surface area contributed by atoms with Gasteiger partial charge in [0.2, 0.25) is 0 Å². The number of rotatable bonds is 2. The molecular weight excluding hydrogens is 340 g/mol. The number of hydrogen-bond acceptors (Lipinski definition) is 3. The maximum atomic E-state index is 12.3. The van der Waals surface area contributed by atoms with Crippen LogP contribution in [0.4, 0.5) is 0 Å². The van der Waals surface area contributed by atoms with Gasteiger partial charge in [-0.25, -0.2) is 14.8 Å². The summed E-state index contributed by atoms with van der Waals surface area (Å²) in [4.78, 5) is 21.4. The van der Waals surface area contributed by atoms with Crippen LogP contribution < -0.4 is 5.69 Å². The molecule has 0 bridgehead atoms. The van der Waals surface area contributed by atoms with Gasteiger partial charge in [-0.3, -0.25) is 13.7 Å². The zero-order chi connectivity index (χ0) is 18.7. The molecule has 0 unspecified atom stereocenters. The third-order valence-corrected chi connectivity index (χ3v) is 5.12. The second kappa shape index (κ2) is 5.44. The second-order valence-corrected chi connectivity index (χ2v) is 6.72. The summed E-state index contributed by atoms with van der Waals surface area (Å²) in [6.45, 7) is 0. The number of imidazole rings is 3. The standard InChI is InChI=1S/C20H18N6O/c1-23-12-21-11-18(23)19-22-14-6-4-5-7-15(14)26(19)13-8-9-16-17(10-13)25(3)20(27)24(16)2/h4-12H,1-3H3. The Morgan fingerprint density at radius 2 is 1.67 bits per heavy atom. The van der Waals surface area contributed by atoms with Gasteiger partial charge in [0, 0.05) is 26.8 Å². The molecule has 0 aliphatic heterocycles. The van der Waals surface area contributed by atoms with E-state index in [0.717, 1.165) is 39.3 Å². The fourth-order valence-electron chi connectivity index (χ4n) is 3.67. The van der Waals surface area contributed by atoms with E-state index in [4.69, 9.17) is 4.98 Å². The van der Waals surface area contributed by atoms with Gasteiger partial charge in [-0.05, 0) is 30.3 Å². The molecule has 0 N–H and O–H groups in total. The van der Waals surface area contributed by atoms with Gasteiger partial charge in [0.25, 0.3) is 0 Å². The van der Waals surface area contributed by atoms with Crippen molar-refractivity contribution in [3.05, 3.63) is 65.5 Å². The van der Waals surface area contributed by atoms with Gasteiger partial charge < -0.3 is 4.57 Å². The summed E-state index contributed by atoms with van der Waals surface area (Å²) >= 11 is 0. The van der Waals surface area contributed by atoms with Crippen molar-refractivity contribution in [2.45, 2.75) is 0 Å². The number of para-hydroxylation sites is 2. The van der Waals surface area contributed by atoms with Crippen LogP contribution in [0.2, 0.25) is 0 Å². The van der Waals surface area contributed by atoms with Crippen molar-refractivity contribution in [2.75, 3.05) is 0 Å². The first-order chi connectivity index (χ1) is 13.1. The summed E-state index contributed by atoms with van der Waals surface area (Å²) in [6.07, 6.45) is 3.58. The van der Waals surface area contributed by atoms with E-state index < -0.39 is 0 Å². The summed E-state index contributed by atoms with van der Waals surface area (Å²) in [5, 5.41) is 0. The summed E-state index contributed by atoms with van der Waals surface area (Å²) < 4.78 is 7.40. The molecular formula is C20H18N6O. The highest BCUT2D eigenvalue weighted by Gasteiger charge is 2.17. The third-order valence-electron chi connectivity index (χ3n) is 5.12. The molecule has 5 rings (SSSR count). The van der Waals surface area contributed by atoms with Crippen molar-refractivity contribution < 1.29 is 0 Å². The van der Waals surface area contributed by atoms with E-state index in [2.05, 4.69) is 15.6 Å². The minimum Gasteiger partial charge on any atom is -0.331 e. The molecule has 0 aliphatic rings. The van der Waals surface area contributed by atoms with Gasteiger partial charge in [-0.1, -0.05) is 12.1 Å². The Labute approximate surface area is 154 Å². The quantitative estimate of drug-likeness (QED) is 0.487. The van der Waals surface area contributed by atoms with E-state index in [1.165, 1.54) is 0 Å². The molecule has 3 aromatic heterocycles. The highest BCUT2D eigenvalue weighted by atomic mass is 16.1. The molecule has 2 aromatic carbocycles. The lowest BCUT2D eigenvalue weighted by Crippen LogP contribution is -2.19. The van der Waals surface area contributed by atoms with E-state index in [9.17, 15) is 4.79 Å². The Balaban J connectivity index is 1.87. The lowest BCUT2D eigenvalue weighted by atomic mass is 10.2. The van der Waals surface area contributed by atoms with Gasteiger partial charge in [-0.2, -0.15) is 0 Å². The highest BCUT2D eigenvalue weighted by Crippen LogP contribution is 2.29. The smallest absolute Gasteiger partial charge is 0.328 e. The monoisotopic (exact) mass is 358 g/mol. The van der Waals surface area contributed by atoms with Crippen molar-refractivity contribution in [1.82, 2.24) is 28.2 Å². The van der Waals surface area contributed by atoms with Crippen LogP contribution in [-0.4, -0.2) is 28.2 Å². The predicted molar refractivity (Wildman–Crippen MR) is 105 cm³/mol. The van der Waals surface area contributed by atoms with E-state index in [1.807, 2.05) is 54.2 Å². The van der Waals surface area contributed by atoms with Crippen molar-refractivity contribution in [3.8, 4) is 17.2 Å². The molecule has 5 aromatic rings. The largest absolute Gasteiger partial charge is 0.331 e. The van der Waals surface area contributed by atoms with Crippen LogP contribution >= 0.6 is 0 Å². The van der Waals surface area contributed by atoms with Gasteiger partial charge in [0.05, 0.1) is 34.6 Å². The van der Waals surface area contributed by atoms with Crippen LogP contribution in [0.1, 0.15) is 0 Å². The van der Waals surface area contributed by atoms with Crippen LogP contribution in [0.3, 0.4) is 0 Å². The zero-order valence-electron chi connectivity index (χ0n) is 15.3. The molecule has 0 amide bonds. The molecule has 3 heterocycles. The molecule has 27 heavy (non-hydrogen) atoms. The Morgan fingerprint density at radius 1 is 0.889 bits per heavy atom. The minimum atomic E-state index is -0.0375. The first kappa shape index (κ1) is 15.6. The number of aromatic nitrogens is 6. The number of nitrogens with zero attached hydrogens (tertiary/aromatic N) is 6. The molecule has 0 saturated heterocycles. The van der Waals surface area contributed by atoms with Crippen LogP contribution in [0, 0.1) is 0 Å². The summed E-state index contributed by atoms with van der Waals surface area (Å²) in [6, 6.07) is 14.1. The molecule has 0 saturated carbocycles. The summed E-state index contributed by atoms with van der Waals surface area (Å²) in [5.41, 5.74) is 5.54. The molecule has 0 spiro atoms. The van der Waals surface area contributed by atoms with Crippen molar-refractivity contribution in [1.29, 1.82) is 0 Å².